The standard InChI is InChI=1S/C24H29NO4Si/c1-16-19(15-21(29-16)22(27)23(28)25-24(2,3)4)20(26)14-18-10-8-9-17(13-18)11-12-30(5,6)7/h8-10,13,15H,14H2,1-7H3,(H,25,28). The Morgan fingerprint density at radius 2 is 1.77 bits per heavy atom. The highest BCUT2D eigenvalue weighted by molar-refractivity contribution is 6.83. The monoisotopic (exact) mass is 423 g/mol. The van der Waals surface area contributed by atoms with Crippen LogP contribution in [0, 0.1) is 18.4 Å². The lowest BCUT2D eigenvalue weighted by Crippen LogP contribution is -2.44. The maximum absolute atomic E-state index is 12.8. The molecule has 1 N–H and O–H groups in total. The minimum absolute atomic E-state index is 0.132. The Morgan fingerprint density at radius 3 is 2.37 bits per heavy atom. The Kier molecular flexibility index (Phi) is 6.89. The second-order valence-electron chi connectivity index (χ2n) is 9.41. The third kappa shape index (κ3) is 6.85. The molecule has 0 atom stereocenters. The smallest absolute Gasteiger partial charge is 0.296 e. The minimum atomic E-state index is -1.49. The maximum Gasteiger partial charge on any atom is 0.296 e. The van der Waals surface area contributed by atoms with Gasteiger partial charge in [0.15, 0.2) is 11.5 Å². The highest BCUT2D eigenvalue weighted by atomic mass is 28.3. The van der Waals surface area contributed by atoms with Crippen molar-refractivity contribution in [2.45, 2.75) is 59.3 Å². The summed E-state index contributed by atoms with van der Waals surface area (Å²) in [6.07, 6.45) is 0.157. The van der Waals surface area contributed by atoms with E-state index in [1.54, 1.807) is 27.7 Å². The molecule has 1 aromatic carbocycles. The molecule has 0 bridgehead atoms. The largest absolute Gasteiger partial charge is 0.457 e. The number of rotatable bonds is 5. The van der Waals surface area contributed by atoms with Gasteiger partial charge in [0.2, 0.25) is 0 Å². The van der Waals surface area contributed by atoms with Gasteiger partial charge in [0.05, 0.1) is 5.56 Å². The maximum atomic E-state index is 12.8. The van der Waals surface area contributed by atoms with Crippen molar-refractivity contribution in [3.8, 4) is 11.5 Å². The minimum Gasteiger partial charge on any atom is -0.457 e. The summed E-state index contributed by atoms with van der Waals surface area (Å²) < 4.78 is 5.42. The Balaban J connectivity index is 2.18. The van der Waals surface area contributed by atoms with Gasteiger partial charge in [0.25, 0.3) is 11.7 Å². The van der Waals surface area contributed by atoms with Crippen LogP contribution in [0.2, 0.25) is 19.6 Å². The average molecular weight is 424 g/mol. The van der Waals surface area contributed by atoms with Gasteiger partial charge in [-0.1, -0.05) is 37.7 Å². The topological polar surface area (TPSA) is 76.4 Å². The fourth-order valence-corrected chi connectivity index (χ4v) is 3.20. The Morgan fingerprint density at radius 1 is 1.10 bits per heavy atom. The Labute approximate surface area is 179 Å². The van der Waals surface area contributed by atoms with Gasteiger partial charge < -0.3 is 9.73 Å². The van der Waals surface area contributed by atoms with Gasteiger partial charge in [-0.2, -0.15) is 0 Å². The molecule has 2 rings (SSSR count). The van der Waals surface area contributed by atoms with Crippen LogP contribution in [0.3, 0.4) is 0 Å². The fraction of sp³-hybridized carbons (Fsp3) is 0.375. The number of nitrogens with one attached hydrogen (secondary N) is 1. The van der Waals surface area contributed by atoms with Crippen molar-refractivity contribution in [2.75, 3.05) is 0 Å². The predicted octanol–water partition coefficient (Wildman–Crippen LogP) is 4.34. The molecule has 158 valence electrons. The van der Waals surface area contributed by atoms with Gasteiger partial charge in [-0.3, -0.25) is 14.4 Å². The van der Waals surface area contributed by atoms with Crippen LogP contribution in [0.25, 0.3) is 0 Å². The highest BCUT2D eigenvalue weighted by Gasteiger charge is 2.26. The lowest BCUT2D eigenvalue weighted by Gasteiger charge is -2.19. The Bertz CT molecular complexity index is 1040. The van der Waals surface area contributed by atoms with Crippen LogP contribution in [-0.4, -0.2) is 31.1 Å². The number of Topliss-reactive ketones (excluding diaryl/α,β-unsaturated/α-hetero) is 2. The Hall–Kier alpha value is -2.91. The first-order valence-corrected chi connectivity index (χ1v) is 13.4. The molecule has 5 nitrogen and oxygen atoms in total. The van der Waals surface area contributed by atoms with E-state index in [9.17, 15) is 14.4 Å². The number of carbonyl (C=O) groups is 3. The van der Waals surface area contributed by atoms with Gasteiger partial charge in [-0.05, 0) is 51.5 Å². The zero-order chi connectivity index (χ0) is 22.7. The summed E-state index contributed by atoms with van der Waals surface area (Å²) in [4.78, 5) is 37.2. The van der Waals surface area contributed by atoms with E-state index >= 15 is 0 Å². The number of aryl methyl sites for hydroxylation is 1. The van der Waals surface area contributed by atoms with E-state index < -0.39 is 25.3 Å². The molecule has 0 spiro atoms. The molecule has 0 aliphatic rings. The number of hydrogen-bond donors (Lipinski definition) is 1. The van der Waals surface area contributed by atoms with Gasteiger partial charge in [0.1, 0.15) is 13.8 Å². The number of amides is 1. The number of hydrogen-bond acceptors (Lipinski definition) is 4. The van der Waals surface area contributed by atoms with Gasteiger partial charge in [-0.25, -0.2) is 0 Å². The quantitative estimate of drug-likeness (QED) is 0.336. The van der Waals surface area contributed by atoms with Gasteiger partial charge in [-0.15, -0.1) is 5.54 Å². The van der Waals surface area contributed by atoms with Crippen molar-refractivity contribution in [3.05, 3.63) is 58.5 Å². The summed E-state index contributed by atoms with van der Waals surface area (Å²) >= 11 is 0. The molecule has 0 aliphatic heterocycles. The van der Waals surface area contributed by atoms with Crippen molar-refractivity contribution in [2.24, 2.45) is 0 Å². The second kappa shape index (κ2) is 8.84. The van der Waals surface area contributed by atoms with Crippen molar-refractivity contribution in [1.82, 2.24) is 5.32 Å². The molecular formula is C24H29NO4Si. The van der Waals surface area contributed by atoms with Crippen LogP contribution in [-0.2, 0) is 11.2 Å². The van der Waals surface area contributed by atoms with Crippen molar-refractivity contribution in [1.29, 1.82) is 0 Å². The predicted molar refractivity (Wildman–Crippen MR) is 120 cm³/mol. The lowest BCUT2D eigenvalue weighted by molar-refractivity contribution is -0.118. The first-order chi connectivity index (χ1) is 13.7. The number of ketones is 2. The summed E-state index contributed by atoms with van der Waals surface area (Å²) in [5, 5.41) is 2.60. The third-order valence-electron chi connectivity index (χ3n) is 4.01. The fourth-order valence-electron chi connectivity index (χ4n) is 2.68. The first kappa shape index (κ1) is 23.4. The molecule has 1 amide bonds. The average Bonchev–Trinajstić information content (AvgIpc) is 2.99. The van der Waals surface area contributed by atoms with Crippen molar-refractivity contribution in [3.63, 3.8) is 0 Å². The van der Waals surface area contributed by atoms with Gasteiger partial charge >= 0.3 is 0 Å². The number of carbonyl (C=O) groups excluding carboxylic acids is 3. The lowest BCUT2D eigenvalue weighted by atomic mass is 10.0. The third-order valence-corrected chi connectivity index (χ3v) is 4.89. The zero-order valence-electron chi connectivity index (χ0n) is 18.7. The van der Waals surface area contributed by atoms with E-state index in [2.05, 4.69) is 36.4 Å². The van der Waals surface area contributed by atoms with Crippen LogP contribution in [0.4, 0.5) is 0 Å². The number of furan rings is 1. The number of benzene rings is 1. The molecule has 30 heavy (non-hydrogen) atoms. The molecule has 6 heteroatoms. The molecule has 0 fully saturated rings. The summed E-state index contributed by atoms with van der Waals surface area (Å²) in [5.41, 5.74) is 4.79. The van der Waals surface area contributed by atoms with E-state index in [1.807, 2.05) is 24.3 Å². The normalized spacial score (nSPS) is 11.4. The molecule has 1 heterocycles. The van der Waals surface area contributed by atoms with Crippen LogP contribution < -0.4 is 5.32 Å². The van der Waals surface area contributed by atoms with Crippen LogP contribution in [0.5, 0.6) is 0 Å². The molecule has 0 unspecified atom stereocenters. The molecule has 0 saturated heterocycles. The molecule has 0 aliphatic carbocycles. The zero-order valence-corrected chi connectivity index (χ0v) is 19.7. The van der Waals surface area contributed by atoms with Gasteiger partial charge in [0, 0.05) is 17.5 Å². The first-order valence-electron chi connectivity index (χ1n) is 9.88. The summed E-state index contributed by atoms with van der Waals surface area (Å²) in [6, 6.07) is 8.94. The SMILES string of the molecule is Cc1oc(C(=O)C(=O)NC(C)(C)C)cc1C(=O)Cc1cccc(C#C[Si](C)(C)C)c1. The van der Waals surface area contributed by atoms with E-state index in [0.29, 0.717) is 11.3 Å². The summed E-state index contributed by atoms with van der Waals surface area (Å²) in [5.74, 6) is 1.65. The van der Waals surface area contributed by atoms with E-state index in [0.717, 1.165) is 11.1 Å². The highest BCUT2D eigenvalue weighted by Crippen LogP contribution is 2.19. The van der Waals surface area contributed by atoms with E-state index in [4.69, 9.17) is 4.42 Å². The van der Waals surface area contributed by atoms with Crippen LogP contribution in [0.15, 0.2) is 34.7 Å². The molecule has 0 radical (unpaired) electrons. The summed E-state index contributed by atoms with van der Waals surface area (Å²) in [6.45, 7) is 13.5. The van der Waals surface area contributed by atoms with E-state index in [-0.39, 0.29) is 18.0 Å². The van der Waals surface area contributed by atoms with Crippen molar-refractivity contribution >= 4 is 25.5 Å². The molecular weight excluding hydrogens is 394 g/mol. The molecule has 1 aromatic heterocycles. The van der Waals surface area contributed by atoms with E-state index in [1.165, 1.54) is 6.07 Å². The molecule has 2 aromatic rings. The van der Waals surface area contributed by atoms with Crippen LogP contribution >= 0.6 is 0 Å². The van der Waals surface area contributed by atoms with Crippen LogP contribution in [0.1, 0.15) is 58.6 Å². The molecule has 0 saturated carbocycles. The van der Waals surface area contributed by atoms with Crippen molar-refractivity contribution < 1.29 is 18.8 Å². The summed E-state index contributed by atoms with van der Waals surface area (Å²) in [7, 11) is -1.49. The second-order valence-corrected chi connectivity index (χ2v) is 14.2.